The molecule has 0 aliphatic heterocycles. The third-order valence-corrected chi connectivity index (χ3v) is 3.45. The number of ether oxygens (including phenoxy) is 2. The van der Waals surface area contributed by atoms with E-state index >= 15 is 0 Å². The molecule has 3 nitrogen and oxygen atoms in total. The first kappa shape index (κ1) is 16.9. The second-order valence-electron chi connectivity index (χ2n) is 6.42. The van der Waals surface area contributed by atoms with Gasteiger partial charge in [-0.1, -0.05) is 20.8 Å². The summed E-state index contributed by atoms with van der Waals surface area (Å²) in [5, 5.41) is 3.38. The Morgan fingerprint density at radius 1 is 1.06 bits per heavy atom. The Bertz CT molecular complexity index is 209. The lowest BCUT2D eigenvalue weighted by atomic mass is 9.82. The fraction of sp³-hybridized carbons (Fsp3) is 1.00. The van der Waals surface area contributed by atoms with Crippen LogP contribution in [-0.2, 0) is 9.47 Å². The van der Waals surface area contributed by atoms with E-state index in [-0.39, 0.29) is 17.1 Å². The maximum Gasteiger partial charge on any atom is 0.0772 e. The summed E-state index contributed by atoms with van der Waals surface area (Å²) >= 11 is 0. The van der Waals surface area contributed by atoms with E-state index in [4.69, 9.17) is 9.47 Å². The third kappa shape index (κ3) is 5.84. The van der Waals surface area contributed by atoms with E-state index in [1.54, 1.807) is 14.2 Å². The zero-order valence-electron chi connectivity index (χ0n) is 12.9. The van der Waals surface area contributed by atoms with Crippen molar-refractivity contribution in [2.75, 3.05) is 21.3 Å². The van der Waals surface area contributed by atoms with Crippen LogP contribution in [0.2, 0.25) is 0 Å². The molecule has 0 aliphatic carbocycles. The van der Waals surface area contributed by atoms with Crippen molar-refractivity contribution in [1.82, 2.24) is 5.32 Å². The summed E-state index contributed by atoms with van der Waals surface area (Å²) in [6.45, 7) is 10.9. The van der Waals surface area contributed by atoms with Crippen LogP contribution in [0.3, 0.4) is 0 Å². The second-order valence-corrected chi connectivity index (χ2v) is 6.42. The highest BCUT2D eigenvalue weighted by Crippen LogP contribution is 2.28. The van der Waals surface area contributed by atoms with Gasteiger partial charge in [-0.05, 0) is 39.2 Å². The van der Waals surface area contributed by atoms with Gasteiger partial charge >= 0.3 is 0 Å². The van der Waals surface area contributed by atoms with Crippen molar-refractivity contribution in [3.8, 4) is 0 Å². The summed E-state index contributed by atoms with van der Waals surface area (Å²) in [4.78, 5) is 0. The van der Waals surface area contributed by atoms with Gasteiger partial charge in [-0.15, -0.1) is 0 Å². The smallest absolute Gasteiger partial charge is 0.0772 e. The molecule has 3 heteroatoms. The third-order valence-electron chi connectivity index (χ3n) is 3.45. The predicted molar refractivity (Wildman–Crippen MR) is 73.4 cm³/mol. The fourth-order valence-electron chi connectivity index (χ4n) is 2.17. The quantitative estimate of drug-likeness (QED) is 0.748. The maximum atomic E-state index is 5.66. The summed E-state index contributed by atoms with van der Waals surface area (Å²) in [6.07, 6.45) is 2.28. The van der Waals surface area contributed by atoms with Crippen LogP contribution in [-0.4, -0.2) is 39.0 Å². The fourth-order valence-corrected chi connectivity index (χ4v) is 2.17. The molecule has 1 N–H and O–H groups in total. The molecule has 0 aliphatic rings. The van der Waals surface area contributed by atoms with Crippen LogP contribution in [0.4, 0.5) is 0 Å². The van der Waals surface area contributed by atoms with E-state index in [1.807, 2.05) is 7.05 Å². The minimum atomic E-state index is -0.0642. The Morgan fingerprint density at radius 2 is 1.59 bits per heavy atom. The van der Waals surface area contributed by atoms with Gasteiger partial charge in [-0.3, -0.25) is 0 Å². The Hall–Kier alpha value is -0.120. The summed E-state index contributed by atoms with van der Waals surface area (Å²) < 4.78 is 11.1. The topological polar surface area (TPSA) is 30.5 Å². The molecule has 0 aromatic heterocycles. The average molecular weight is 245 g/mol. The SMILES string of the molecule is CNC(CCC(C)(C)OC)C(OC)C(C)(C)C. The number of nitrogens with one attached hydrogen (secondary N) is 1. The van der Waals surface area contributed by atoms with Crippen molar-refractivity contribution in [3.63, 3.8) is 0 Å². The summed E-state index contributed by atoms with van der Waals surface area (Å²) in [5.74, 6) is 0. The van der Waals surface area contributed by atoms with Crippen molar-refractivity contribution in [3.05, 3.63) is 0 Å². The molecule has 0 aromatic carbocycles. The second kappa shape index (κ2) is 6.72. The van der Waals surface area contributed by atoms with Gasteiger partial charge in [0.15, 0.2) is 0 Å². The molecule has 0 rings (SSSR count). The van der Waals surface area contributed by atoms with E-state index in [9.17, 15) is 0 Å². The molecule has 104 valence electrons. The normalized spacial score (nSPS) is 16.9. The van der Waals surface area contributed by atoms with Gasteiger partial charge in [-0.2, -0.15) is 0 Å². The van der Waals surface area contributed by atoms with E-state index in [1.165, 1.54) is 0 Å². The monoisotopic (exact) mass is 245 g/mol. The lowest BCUT2D eigenvalue weighted by molar-refractivity contribution is -0.0265. The van der Waals surface area contributed by atoms with Crippen LogP contribution in [0.1, 0.15) is 47.5 Å². The van der Waals surface area contributed by atoms with Gasteiger partial charge < -0.3 is 14.8 Å². The first-order valence-electron chi connectivity index (χ1n) is 6.43. The minimum absolute atomic E-state index is 0.0642. The molecule has 0 radical (unpaired) electrons. The number of rotatable bonds is 7. The molecule has 0 spiro atoms. The van der Waals surface area contributed by atoms with E-state index < -0.39 is 0 Å². The Morgan fingerprint density at radius 3 is 1.88 bits per heavy atom. The zero-order valence-corrected chi connectivity index (χ0v) is 12.9. The van der Waals surface area contributed by atoms with Gasteiger partial charge in [0, 0.05) is 20.3 Å². The highest BCUT2D eigenvalue weighted by molar-refractivity contribution is 4.87. The summed E-state index contributed by atoms with van der Waals surface area (Å²) in [5.41, 5.74) is 0.0743. The van der Waals surface area contributed by atoms with Crippen LogP contribution in [0, 0.1) is 5.41 Å². The first-order valence-corrected chi connectivity index (χ1v) is 6.43. The first-order chi connectivity index (χ1) is 7.68. The standard InChI is InChI=1S/C14H31NO2/c1-13(2,3)12(16-7)11(15-6)9-10-14(4,5)17-8/h11-12,15H,9-10H2,1-8H3. The molecule has 2 unspecified atom stereocenters. The molecule has 0 aromatic rings. The minimum Gasteiger partial charge on any atom is -0.379 e. The van der Waals surface area contributed by atoms with Gasteiger partial charge in [0.25, 0.3) is 0 Å². The lowest BCUT2D eigenvalue weighted by Crippen LogP contribution is -2.47. The number of methoxy groups -OCH3 is 2. The van der Waals surface area contributed by atoms with Crippen LogP contribution in [0.5, 0.6) is 0 Å². The van der Waals surface area contributed by atoms with Gasteiger partial charge in [0.05, 0.1) is 11.7 Å². The van der Waals surface area contributed by atoms with Crippen molar-refractivity contribution in [2.45, 2.75) is 65.2 Å². The molecular formula is C14H31NO2. The Balaban J connectivity index is 4.51. The Labute approximate surface area is 107 Å². The molecule has 0 fully saturated rings. The molecule has 0 saturated heterocycles. The molecule has 17 heavy (non-hydrogen) atoms. The summed E-state index contributed by atoms with van der Waals surface area (Å²) in [6, 6.07) is 0.356. The van der Waals surface area contributed by atoms with Crippen molar-refractivity contribution >= 4 is 0 Å². The van der Waals surface area contributed by atoms with Crippen LogP contribution < -0.4 is 5.32 Å². The molecular weight excluding hydrogens is 214 g/mol. The predicted octanol–water partition coefficient (Wildman–Crippen LogP) is 2.84. The van der Waals surface area contributed by atoms with Crippen molar-refractivity contribution in [1.29, 1.82) is 0 Å². The van der Waals surface area contributed by atoms with Crippen LogP contribution in [0.15, 0.2) is 0 Å². The zero-order chi connectivity index (χ0) is 13.7. The Kier molecular flexibility index (Phi) is 6.67. The van der Waals surface area contributed by atoms with Gasteiger partial charge in [-0.25, -0.2) is 0 Å². The number of hydrogen-bond donors (Lipinski definition) is 1. The van der Waals surface area contributed by atoms with Gasteiger partial charge in [0.2, 0.25) is 0 Å². The summed E-state index contributed by atoms with van der Waals surface area (Å²) in [7, 11) is 5.57. The van der Waals surface area contributed by atoms with Crippen molar-refractivity contribution in [2.24, 2.45) is 5.41 Å². The van der Waals surface area contributed by atoms with E-state index in [0.717, 1.165) is 12.8 Å². The maximum absolute atomic E-state index is 5.66. The molecule has 0 saturated carbocycles. The van der Waals surface area contributed by atoms with Gasteiger partial charge in [0.1, 0.15) is 0 Å². The number of hydrogen-bond acceptors (Lipinski definition) is 3. The number of likely N-dealkylation sites (N-methyl/N-ethyl adjacent to an activating group) is 1. The highest BCUT2D eigenvalue weighted by atomic mass is 16.5. The highest BCUT2D eigenvalue weighted by Gasteiger charge is 2.32. The van der Waals surface area contributed by atoms with Crippen LogP contribution in [0.25, 0.3) is 0 Å². The van der Waals surface area contributed by atoms with E-state index in [2.05, 4.69) is 39.9 Å². The molecule has 0 bridgehead atoms. The largest absolute Gasteiger partial charge is 0.379 e. The van der Waals surface area contributed by atoms with Crippen molar-refractivity contribution < 1.29 is 9.47 Å². The molecule has 0 heterocycles. The average Bonchev–Trinajstić information content (AvgIpc) is 2.22. The molecule has 2 atom stereocenters. The lowest BCUT2D eigenvalue weighted by Gasteiger charge is -2.37. The molecule has 0 amide bonds. The van der Waals surface area contributed by atoms with Crippen LogP contribution >= 0.6 is 0 Å². The van der Waals surface area contributed by atoms with E-state index in [0.29, 0.717) is 6.04 Å².